The molecular formula is C10H17ClN6O. The number of hydrogen-bond acceptors (Lipinski definition) is 6. The van der Waals surface area contributed by atoms with Crippen molar-refractivity contribution in [2.24, 2.45) is 5.73 Å². The van der Waals surface area contributed by atoms with Gasteiger partial charge in [-0.15, -0.1) is 0 Å². The molecule has 1 amide bonds. The van der Waals surface area contributed by atoms with Crippen molar-refractivity contribution in [3.05, 3.63) is 5.28 Å². The van der Waals surface area contributed by atoms with Gasteiger partial charge in [-0.2, -0.15) is 15.0 Å². The highest BCUT2D eigenvalue weighted by Crippen LogP contribution is 2.09. The minimum Gasteiger partial charge on any atom is -0.370 e. The Bertz CT molecular complexity index is 400. The average Bonchev–Trinajstić information content (AvgIpc) is 2.31. The second-order valence-corrected chi connectivity index (χ2v) is 4.01. The van der Waals surface area contributed by atoms with Crippen molar-refractivity contribution < 1.29 is 4.79 Å². The number of nitrogens with two attached hydrogens (primary N) is 1. The van der Waals surface area contributed by atoms with Gasteiger partial charge in [0.25, 0.3) is 0 Å². The topological polar surface area (TPSA) is 106 Å². The number of carbonyl (C=O) groups excluding carboxylic acids is 1. The quantitative estimate of drug-likeness (QED) is 0.610. The smallest absolute Gasteiger partial charge is 0.228 e. The van der Waals surface area contributed by atoms with Crippen molar-refractivity contribution >= 4 is 29.4 Å². The summed E-state index contributed by atoms with van der Waals surface area (Å²) in [5.41, 5.74) is 5.04. The predicted octanol–water partition coefficient (Wildman–Crippen LogP) is 1.02. The van der Waals surface area contributed by atoms with Crippen LogP contribution in [0.15, 0.2) is 0 Å². The summed E-state index contributed by atoms with van der Waals surface area (Å²) in [4.78, 5) is 22.6. The number of aromatic nitrogens is 3. The van der Waals surface area contributed by atoms with Gasteiger partial charge in [-0.3, -0.25) is 4.79 Å². The summed E-state index contributed by atoms with van der Waals surface area (Å²) in [6.45, 7) is 3.36. The summed E-state index contributed by atoms with van der Waals surface area (Å²) in [6, 6.07) is 0. The van der Waals surface area contributed by atoms with Crippen molar-refractivity contribution in [2.45, 2.75) is 26.2 Å². The zero-order chi connectivity index (χ0) is 13.4. The van der Waals surface area contributed by atoms with E-state index in [1.807, 2.05) is 6.92 Å². The van der Waals surface area contributed by atoms with Gasteiger partial charge in [0, 0.05) is 19.5 Å². The molecule has 0 aliphatic heterocycles. The first-order valence-corrected chi connectivity index (χ1v) is 6.17. The van der Waals surface area contributed by atoms with Gasteiger partial charge in [0.05, 0.1) is 0 Å². The molecule has 7 nitrogen and oxygen atoms in total. The van der Waals surface area contributed by atoms with Gasteiger partial charge >= 0.3 is 0 Å². The molecule has 8 heteroatoms. The highest BCUT2D eigenvalue weighted by Gasteiger charge is 2.04. The molecule has 0 aliphatic rings. The molecule has 0 aliphatic carbocycles. The van der Waals surface area contributed by atoms with E-state index in [1.165, 1.54) is 0 Å². The van der Waals surface area contributed by atoms with Gasteiger partial charge in [0.1, 0.15) is 0 Å². The Labute approximate surface area is 111 Å². The number of nitrogens with zero attached hydrogens (tertiary/aromatic N) is 3. The molecule has 4 N–H and O–H groups in total. The normalized spacial score (nSPS) is 10.1. The second kappa shape index (κ2) is 7.65. The Morgan fingerprint density at radius 1 is 1.22 bits per heavy atom. The summed E-state index contributed by atoms with van der Waals surface area (Å²) in [6.07, 6.45) is 1.91. The molecule has 0 saturated heterocycles. The van der Waals surface area contributed by atoms with Crippen LogP contribution in [-0.2, 0) is 4.79 Å². The Morgan fingerprint density at radius 3 is 2.39 bits per heavy atom. The maximum Gasteiger partial charge on any atom is 0.228 e. The zero-order valence-corrected chi connectivity index (χ0v) is 11.0. The van der Waals surface area contributed by atoms with Crippen LogP contribution in [0.25, 0.3) is 0 Å². The largest absolute Gasteiger partial charge is 0.370 e. The van der Waals surface area contributed by atoms with Crippen LogP contribution < -0.4 is 16.4 Å². The van der Waals surface area contributed by atoms with Gasteiger partial charge in [0.2, 0.25) is 23.1 Å². The van der Waals surface area contributed by atoms with E-state index in [0.29, 0.717) is 31.3 Å². The highest BCUT2D eigenvalue weighted by atomic mass is 35.5. The number of amides is 1. The van der Waals surface area contributed by atoms with E-state index < -0.39 is 0 Å². The van der Waals surface area contributed by atoms with E-state index >= 15 is 0 Å². The van der Waals surface area contributed by atoms with Crippen molar-refractivity contribution in [1.82, 2.24) is 15.0 Å². The van der Waals surface area contributed by atoms with Crippen molar-refractivity contribution in [1.29, 1.82) is 0 Å². The molecular weight excluding hydrogens is 256 g/mol. The Morgan fingerprint density at radius 2 is 1.83 bits per heavy atom. The molecule has 0 saturated carbocycles. The lowest BCUT2D eigenvalue weighted by Crippen LogP contribution is -2.14. The third-order valence-electron chi connectivity index (χ3n) is 2.02. The maximum atomic E-state index is 10.6. The molecule has 0 spiro atoms. The molecule has 0 fully saturated rings. The molecule has 0 atom stereocenters. The third kappa shape index (κ3) is 5.62. The predicted molar refractivity (Wildman–Crippen MR) is 70.5 cm³/mol. The Kier molecular flexibility index (Phi) is 6.13. The van der Waals surface area contributed by atoms with Gasteiger partial charge in [-0.25, -0.2) is 0 Å². The van der Waals surface area contributed by atoms with E-state index in [1.54, 1.807) is 0 Å². The minimum atomic E-state index is -0.323. The van der Waals surface area contributed by atoms with E-state index in [4.69, 9.17) is 17.3 Å². The third-order valence-corrected chi connectivity index (χ3v) is 2.19. The molecule has 1 aromatic rings. The van der Waals surface area contributed by atoms with E-state index in [9.17, 15) is 4.79 Å². The number of rotatable bonds is 8. The zero-order valence-electron chi connectivity index (χ0n) is 10.2. The number of anilines is 2. The van der Waals surface area contributed by atoms with Gasteiger partial charge < -0.3 is 16.4 Å². The second-order valence-electron chi connectivity index (χ2n) is 3.68. The number of carbonyl (C=O) groups is 1. The van der Waals surface area contributed by atoms with Crippen molar-refractivity contribution in [3.8, 4) is 0 Å². The molecule has 0 aromatic carbocycles. The minimum absolute atomic E-state index is 0.126. The molecule has 1 rings (SSSR count). The molecule has 0 radical (unpaired) electrons. The van der Waals surface area contributed by atoms with Crippen LogP contribution in [0.3, 0.4) is 0 Å². The first-order chi connectivity index (χ1) is 8.61. The van der Waals surface area contributed by atoms with Gasteiger partial charge in [-0.1, -0.05) is 6.92 Å². The Balaban J connectivity index is 2.48. The molecule has 100 valence electrons. The first-order valence-electron chi connectivity index (χ1n) is 5.79. The monoisotopic (exact) mass is 272 g/mol. The van der Waals surface area contributed by atoms with E-state index in [2.05, 4.69) is 25.6 Å². The number of hydrogen-bond donors (Lipinski definition) is 3. The first kappa shape index (κ1) is 14.4. The standard InChI is InChI=1S/C10H17ClN6O/c1-2-5-13-9-15-8(11)16-10(17-9)14-6-3-4-7(12)18/h2-6H2,1H3,(H2,12,18)(H2,13,14,15,16,17). The average molecular weight is 273 g/mol. The summed E-state index contributed by atoms with van der Waals surface area (Å²) in [7, 11) is 0. The fraction of sp³-hybridized carbons (Fsp3) is 0.600. The summed E-state index contributed by atoms with van der Waals surface area (Å²) >= 11 is 5.78. The van der Waals surface area contributed by atoms with Crippen molar-refractivity contribution in [3.63, 3.8) is 0 Å². The molecule has 0 unspecified atom stereocenters. The molecule has 18 heavy (non-hydrogen) atoms. The molecule has 1 aromatic heterocycles. The van der Waals surface area contributed by atoms with Crippen LogP contribution in [0, 0.1) is 0 Å². The lowest BCUT2D eigenvalue weighted by atomic mass is 10.3. The Hall–Kier alpha value is -1.63. The van der Waals surface area contributed by atoms with Crippen LogP contribution in [0.2, 0.25) is 5.28 Å². The fourth-order valence-corrected chi connectivity index (χ4v) is 1.37. The van der Waals surface area contributed by atoms with Crippen LogP contribution in [0.5, 0.6) is 0 Å². The van der Waals surface area contributed by atoms with E-state index in [-0.39, 0.29) is 11.2 Å². The SMILES string of the molecule is CCCNc1nc(Cl)nc(NCCCC(N)=O)n1. The van der Waals surface area contributed by atoms with Crippen LogP contribution >= 0.6 is 11.6 Å². The summed E-state index contributed by atoms with van der Waals surface area (Å²) in [5.74, 6) is 0.503. The van der Waals surface area contributed by atoms with Gasteiger partial charge in [0.15, 0.2) is 0 Å². The van der Waals surface area contributed by atoms with Gasteiger partial charge in [-0.05, 0) is 24.4 Å². The van der Waals surface area contributed by atoms with Crippen LogP contribution in [-0.4, -0.2) is 33.9 Å². The van der Waals surface area contributed by atoms with E-state index in [0.717, 1.165) is 13.0 Å². The van der Waals surface area contributed by atoms with Crippen LogP contribution in [0.4, 0.5) is 11.9 Å². The molecule has 1 heterocycles. The van der Waals surface area contributed by atoms with Crippen LogP contribution in [0.1, 0.15) is 26.2 Å². The van der Waals surface area contributed by atoms with Crippen molar-refractivity contribution in [2.75, 3.05) is 23.7 Å². The lowest BCUT2D eigenvalue weighted by Gasteiger charge is -2.07. The maximum absolute atomic E-state index is 10.6. The fourth-order valence-electron chi connectivity index (χ4n) is 1.21. The molecule has 0 bridgehead atoms. The highest BCUT2D eigenvalue weighted by molar-refractivity contribution is 6.28. The lowest BCUT2D eigenvalue weighted by molar-refractivity contribution is -0.118. The number of primary amides is 1. The summed E-state index contributed by atoms with van der Waals surface area (Å²) < 4.78 is 0. The number of halogens is 1. The number of nitrogens with one attached hydrogen (secondary N) is 2. The summed E-state index contributed by atoms with van der Waals surface area (Å²) in [5, 5.41) is 6.11.